The SMILES string of the molecule is COc1ccnc(-c2ccccc2)c1F. The maximum Gasteiger partial charge on any atom is 0.191 e. The minimum Gasteiger partial charge on any atom is -0.494 e. The first-order valence-electron chi connectivity index (χ1n) is 4.57. The molecule has 3 heteroatoms. The van der Waals surface area contributed by atoms with Gasteiger partial charge in [-0.15, -0.1) is 0 Å². The summed E-state index contributed by atoms with van der Waals surface area (Å²) >= 11 is 0. The quantitative estimate of drug-likeness (QED) is 0.748. The molecule has 2 aromatic rings. The van der Waals surface area contributed by atoms with Crippen molar-refractivity contribution < 1.29 is 9.13 Å². The third-order valence-electron chi connectivity index (χ3n) is 2.12. The molecule has 1 aromatic carbocycles. The molecule has 1 aromatic heterocycles. The van der Waals surface area contributed by atoms with E-state index in [1.54, 1.807) is 0 Å². The number of hydrogen-bond acceptors (Lipinski definition) is 2. The van der Waals surface area contributed by atoms with Crippen molar-refractivity contribution in [2.45, 2.75) is 0 Å². The van der Waals surface area contributed by atoms with Crippen LogP contribution in [0.5, 0.6) is 5.75 Å². The van der Waals surface area contributed by atoms with Crippen LogP contribution < -0.4 is 4.74 Å². The first-order chi connectivity index (χ1) is 7.33. The maximum atomic E-state index is 13.8. The van der Waals surface area contributed by atoms with Crippen molar-refractivity contribution in [1.29, 1.82) is 0 Å². The minimum atomic E-state index is -0.425. The molecule has 0 atom stereocenters. The Morgan fingerprint density at radius 3 is 2.53 bits per heavy atom. The second-order valence-corrected chi connectivity index (χ2v) is 3.04. The van der Waals surface area contributed by atoms with Crippen molar-refractivity contribution >= 4 is 0 Å². The average Bonchev–Trinajstić information content (AvgIpc) is 2.30. The van der Waals surface area contributed by atoms with Crippen LogP contribution in [0.3, 0.4) is 0 Å². The van der Waals surface area contributed by atoms with Crippen molar-refractivity contribution in [3.63, 3.8) is 0 Å². The molecule has 0 saturated carbocycles. The zero-order valence-electron chi connectivity index (χ0n) is 8.27. The van der Waals surface area contributed by atoms with Gasteiger partial charge in [0.1, 0.15) is 5.69 Å². The predicted octanol–water partition coefficient (Wildman–Crippen LogP) is 2.90. The molecule has 1 heterocycles. The second kappa shape index (κ2) is 4.09. The molecule has 0 radical (unpaired) electrons. The summed E-state index contributed by atoms with van der Waals surface area (Å²) in [6, 6.07) is 10.7. The Hall–Kier alpha value is -1.90. The van der Waals surface area contributed by atoms with Crippen LogP contribution in [0.2, 0.25) is 0 Å². The topological polar surface area (TPSA) is 22.1 Å². The van der Waals surface area contributed by atoms with E-state index < -0.39 is 5.82 Å². The third kappa shape index (κ3) is 1.81. The van der Waals surface area contributed by atoms with Crippen LogP contribution in [0, 0.1) is 5.82 Å². The highest BCUT2D eigenvalue weighted by atomic mass is 19.1. The van der Waals surface area contributed by atoms with Gasteiger partial charge >= 0.3 is 0 Å². The molecule has 0 bridgehead atoms. The number of ether oxygens (including phenoxy) is 1. The van der Waals surface area contributed by atoms with Gasteiger partial charge in [-0.05, 0) is 0 Å². The van der Waals surface area contributed by atoms with E-state index in [4.69, 9.17) is 4.74 Å². The van der Waals surface area contributed by atoms with Crippen LogP contribution in [-0.4, -0.2) is 12.1 Å². The van der Waals surface area contributed by atoms with Gasteiger partial charge in [-0.2, -0.15) is 0 Å². The molecule has 0 unspecified atom stereocenters. The molecular weight excluding hydrogens is 193 g/mol. The van der Waals surface area contributed by atoms with Gasteiger partial charge < -0.3 is 4.74 Å². The van der Waals surface area contributed by atoms with Crippen molar-refractivity contribution in [1.82, 2.24) is 4.98 Å². The highest BCUT2D eigenvalue weighted by Crippen LogP contribution is 2.26. The molecule has 0 aliphatic rings. The lowest BCUT2D eigenvalue weighted by Crippen LogP contribution is -1.93. The van der Waals surface area contributed by atoms with Gasteiger partial charge in [0, 0.05) is 17.8 Å². The fraction of sp³-hybridized carbons (Fsp3) is 0.0833. The van der Waals surface area contributed by atoms with Crippen LogP contribution in [0.1, 0.15) is 0 Å². The normalized spacial score (nSPS) is 10.0. The monoisotopic (exact) mass is 203 g/mol. The fourth-order valence-corrected chi connectivity index (χ4v) is 1.38. The van der Waals surface area contributed by atoms with E-state index in [2.05, 4.69) is 4.98 Å². The number of benzene rings is 1. The number of methoxy groups -OCH3 is 1. The van der Waals surface area contributed by atoms with Crippen molar-refractivity contribution in [3.05, 3.63) is 48.4 Å². The van der Waals surface area contributed by atoms with Gasteiger partial charge in [-0.25, -0.2) is 4.39 Å². The second-order valence-electron chi connectivity index (χ2n) is 3.04. The summed E-state index contributed by atoms with van der Waals surface area (Å²) in [5.41, 5.74) is 1.06. The first kappa shape index (κ1) is 9.65. The van der Waals surface area contributed by atoms with Gasteiger partial charge in [-0.3, -0.25) is 4.98 Å². The molecule has 0 aliphatic carbocycles. The molecule has 0 N–H and O–H groups in total. The number of aromatic nitrogens is 1. The molecule has 0 fully saturated rings. The third-order valence-corrected chi connectivity index (χ3v) is 2.12. The van der Waals surface area contributed by atoms with Crippen LogP contribution in [-0.2, 0) is 0 Å². The Labute approximate surface area is 87.4 Å². The number of hydrogen-bond donors (Lipinski definition) is 0. The van der Waals surface area contributed by atoms with Gasteiger partial charge in [0.15, 0.2) is 11.6 Å². The molecular formula is C12H10FNO. The summed E-state index contributed by atoms with van der Waals surface area (Å²) in [4.78, 5) is 4.00. The maximum absolute atomic E-state index is 13.8. The average molecular weight is 203 g/mol. The van der Waals surface area contributed by atoms with Gasteiger partial charge in [0.05, 0.1) is 7.11 Å². The van der Waals surface area contributed by atoms with Gasteiger partial charge in [-0.1, -0.05) is 30.3 Å². The number of halogens is 1. The molecule has 2 rings (SSSR count). The Morgan fingerprint density at radius 2 is 1.87 bits per heavy atom. The summed E-state index contributed by atoms with van der Waals surface area (Å²) in [5.74, 6) is -0.213. The molecule has 2 nitrogen and oxygen atoms in total. The highest BCUT2D eigenvalue weighted by molar-refractivity contribution is 5.61. The predicted molar refractivity (Wildman–Crippen MR) is 56.2 cm³/mol. The number of pyridine rings is 1. The van der Waals surface area contributed by atoms with Crippen LogP contribution in [0.25, 0.3) is 11.3 Å². The molecule has 0 amide bonds. The lowest BCUT2D eigenvalue weighted by atomic mass is 10.1. The van der Waals surface area contributed by atoms with Crippen molar-refractivity contribution in [3.8, 4) is 17.0 Å². The minimum absolute atomic E-state index is 0.212. The zero-order chi connectivity index (χ0) is 10.7. The lowest BCUT2D eigenvalue weighted by Gasteiger charge is -2.05. The van der Waals surface area contributed by atoms with E-state index in [-0.39, 0.29) is 5.75 Å². The summed E-state index contributed by atoms with van der Waals surface area (Å²) in [6.07, 6.45) is 1.53. The Kier molecular flexibility index (Phi) is 2.63. The first-order valence-corrected chi connectivity index (χ1v) is 4.57. The van der Waals surface area contributed by atoms with E-state index >= 15 is 0 Å². The van der Waals surface area contributed by atoms with E-state index in [1.165, 1.54) is 19.4 Å². The van der Waals surface area contributed by atoms with Crippen LogP contribution in [0.4, 0.5) is 4.39 Å². The van der Waals surface area contributed by atoms with Crippen LogP contribution >= 0.6 is 0 Å². The van der Waals surface area contributed by atoms with Crippen LogP contribution in [0.15, 0.2) is 42.6 Å². The molecule has 15 heavy (non-hydrogen) atoms. The van der Waals surface area contributed by atoms with E-state index in [0.717, 1.165) is 5.56 Å². The largest absolute Gasteiger partial charge is 0.494 e. The molecule has 76 valence electrons. The fourth-order valence-electron chi connectivity index (χ4n) is 1.38. The Morgan fingerprint density at radius 1 is 1.13 bits per heavy atom. The zero-order valence-corrected chi connectivity index (χ0v) is 8.27. The van der Waals surface area contributed by atoms with Gasteiger partial charge in [0.2, 0.25) is 0 Å². The summed E-state index contributed by atoms with van der Waals surface area (Å²) in [5, 5.41) is 0. The smallest absolute Gasteiger partial charge is 0.191 e. The molecule has 0 saturated heterocycles. The Bertz CT molecular complexity index is 456. The molecule has 0 spiro atoms. The lowest BCUT2D eigenvalue weighted by molar-refractivity contribution is 0.386. The number of nitrogens with zero attached hydrogens (tertiary/aromatic N) is 1. The highest BCUT2D eigenvalue weighted by Gasteiger charge is 2.10. The van der Waals surface area contributed by atoms with E-state index in [9.17, 15) is 4.39 Å². The standard InChI is InChI=1S/C12H10FNO/c1-15-10-7-8-14-12(11(10)13)9-5-3-2-4-6-9/h2-8H,1H3. The van der Waals surface area contributed by atoms with Crippen molar-refractivity contribution in [2.24, 2.45) is 0 Å². The summed E-state index contributed by atoms with van der Waals surface area (Å²) < 4.78 is 18.7. The Balaban J connectivity index is 2.54. The summed E-state index contributed by atoms with van der Waals surface area (Å²) in [6.45, 7) is 0. The van der Waals surface area contributed by atoms with E-state index in [0.29, 0.717) is 5.69 Å². The number of rotatable bonds is 2. The van der Waals surface area contributed by atoms with Crippen molar-refractivity contribution in [2.75, 3.05) is 7.11 Å². The van der Waals surface area contributed by atoms with E-state index in [1.807, 2.05) is 30.3 Å². The summed E-state index contributed by atoms with van der Waals surface area (Å²) in [7, 11) is 1.44. The molecule has 0 aliphatic heterocycles. The van der Waals surface area contributed by atoms with Gasteiger partial charge in [0.25, 0.3) is 0 Å².